The molecule has 0 aliphatic carbocycles. The zero-order valence-corrected chi connectivity index (χ0v) is 10.4. The number of nitrogens with one attached hydrogen (secondary N) is 1. The second-order valence-electron chi connectivity index (χ2n) is 4.10. The monoisotopic (exact) mass is 259 g/mol. The van der Waals surface area contributed by atoms with Gasteiger partial charge in [0.1, 0.15) is 5.69 Å². The summed E-state index contributed by atoms with van der Waals surface area (Å²) in [5.41, 5.74) is 1.66. The third-order valence-corrected chi connectivity index (χ3v) is 2.59. The smallest absolute Gasteiger partial charge is 0.202 e. The molecule has 0 bridgehead atoms. The van der Waals surface area contributed by atoms with Crippen LogP contribution >= 0.6 is 0 Å². The fourth-order valence-corrected chi connectivity index (χ4v) is 1.77. The Kier molecular flexibility index (Phi) is 3.11. The first-order valence-corrected chi connectivity index (χ1v) is 5.88. The van der Waals surface area contributed by atoms with Gasteiger partial charge in [-0.05, 0) is 19.2 Å². The molecule has 98 valence electrons. The third kappa shape index (κ3) is 2.55. The SMILES string of the molecule is CNCc1cn(Cc2cc(-c3ccco3)on2)nn1. The lowest BCUT2D eigenvalue weighted by molar-refractivity contribution is 0.407. The van der Waals surface area contributed by atoms with Gasteiger partial charge in [0.2, 0.25) is 5.76 Å². The highest BCUT2D eigenvalue weighted by Gasteiger charge is 2.10. The summed E-state index contributed by atoms with van der Waals surface area (Å²) in [6, 6.07) is 5.46. The molecule has 0 aliphatic rings. The van der Waals surface area contributed by atoms with Crippen molar-refractivity contribution in [3.05, 3.63) is 42.0 Å². The normalized spacial score (nSPS) is 11.0. The first-order valence-electron chi connectivity index (χ1n) is 5.88. The van der Waals surface area contributed by atoms with Crippen LogP contribution in [0.5, 0.6) is 0 Å². The first-order chi connectivity index (χ1) is 9.35. The summed E-state index contributed by atoms with van der Waals surface area (Å²) in [5, 5.41) is 15.1. The summed E-state index contributed by atoms with van der Waals surface area (Å²) < 4.78 is 12.2. The van der Waals surface area contributed by atoms with Crippen LogP contribution in [0, 0.1) is 0 Å². The van der Waals surface area contributed by atoms with Gasteiger partial charge in [0.15, 0.2) is 5.76 Å². The molecular weight excluding hydrogens is 246 g/mol. The van der Waals surface area contributed by atoms with Crippen LogP contribution in [0.2, 0.25) is 0 Å². The summed E-state index contributed by atoms with van der Waals surface area (Å²) in [7, 11) is 1.87. The molecule has 1 N–H and O–H groups in total. The molecule has 3 aromatic heterocycles. The zero-order valence-electron chi connectivity index (χ0n) is 10.4. The fourth-order valence-electron chi connectivity index (χ4n) is 1.77. The van der Waals surface area contributed by atoms with Crippen LogP contribution in [-0.4, -0.2) is 27.2 Å². The molecule has 0 saturated heterocycles. The second kappa shape index (κ2) is 5.07. The molecule has 0 fully saturated rings. The van der Waals surface area contributed by atoms with Gasteiger partial charge < -0.3 is 14.3 Å². The lowest BCUT2D eigenvalue weighted by Gasteiger charge is -1.93. The fraction of sp³-hybridized carbons (Fsp3) is 0.250. The van der Waals surface area contributed by atoms with E-state index in [1.807, 2.05) is 25.4 Å². The van der Waals surface area contributed by atoms with Crippen LogP contribution < -0.4 is 5.32 Å². The summed E-state index contributed by atoms with van der Waals surface area (Å²) in [4.78, 5) is 0. The predicted molar refractivity (Wildman–Crippen MR) is 66.1 cm³/mol. The Hall–Kier alpha value is -2.41. The van der Waals surface area contributed by atoms with Crippen molar-refractivity contribution in [2.24, 2.45) is 0 Å². The Morgan fingerprint density at radius 2 is 2.26 bits per heavy atom. The Morgan fingerprint density at radius 3 is 3.05 bits per heavy atom. The minimum absolute atomic E-state index is 0.515. The molecule has 7 nitrogen and oxygen atoms in total. The summed E-state index contributed by atoms with van der Waals surface area (Å²) in [6.07, 6.45) is 3.47. The Bertz CT molecular complexity index is 641. The number of hydrogen-bond acceptors (Lipinski definition) is 6. The van der Waals surface area contributed by atoms with Gasteiger partial charge in [-0.15, -0.1) is 5.10 Å². The molecule has 19 heavy (non-hydrogen) atoms. The minimum atomic E-state index is 0.515. The van der Waals surface area contributed by atoms with Crippen molar-refractivity contribution < 1.29 is 8.94 Å². The molecule has 0 amide bonds. The van der Waals surface area contributed by atoms with Crippen molar-refractivity contribution in [2.75, 3.05) is 7.05 Å². The van der Waals surface area contributed by atoms with E-state index < -0.39 is 0 Å². The maximum atomic E-state index is 5.24. The Morgan fingerprint density at radius 1 is 1.32 bits per heavy atom. The molecule has 0 saturated carbocycles. The summed E-state index contributed by atoms with van der Waals surface area (Å²) in [6.45, 7) is 1.21. The second-order valence-corrected chi connectivity index (χ2v) is 4.10. The van der Waals surface area contributed by atoms with Crippen molar-refractivity contribution in [1.82, 2.24) is 25.5 Å². The average molecular weight is 259 g/mol. The van der Waals surface area contributed by atoms with E-state index >= 15 is 0 Å². The molecule has 0 unspecified atom stereocenters. The van der Waals surface area contributed by atoms with Crippen molar-refractivity contribution in [3.8, 4) is 11.5 Å². The Balaban J connectivity index is 1.72. The van der Waals surface area contributed by atoms with E-state index in [0.717, 1.165) is 11.4 Å². The van der Waals surface area contributed by atoms with Crippen LogP contribution in [0.1, 0.15) is 11.4 Å². The van der Waals surface area contributed by atoms with Gasteiger partial charge in [-0.2, -0.15) is 0 Å². The maximum Gasteiger partial charge on any atom is 0.202 e. The molecule has 0 atom stereocenters. The van der Waals surface area contributed by atoms with Gasteiger partial charge in [-0.3, -0.25) is 0 Å². The quantitative estimate of drug-likeness (QED) is 0.743. The van der Waals surface area contributed by atoms with E-state index in [1.54, 1.807) is 17.0 Å². The van der Waals surface area contributed by atoms with Crippen LogP contribution in [0.3, 0.4) is 0 Å². The van der Waals surface area contributed by atoms with Gasteiger partial charge in [-0.1, -0.05) is 10.4 Å². The van der Waals surface area contributed by atoms with Crippen molar-refractivity contribution in [3.63, 3.8) is 0 Å². The molecule has 0 aromatic carbocycles. The number of hydrogen-bond donors (Lipinski definition) is 1. The molecule has 0 spiro atoms. The van der Waals surface area contributed by atoms with Gasteiger partial charge in [0.05, 0.1) is 24.7 Å². The van der Waals surface area contributed by atoms with Crippen molar-refractivity contribution >= 4 is 0 Å². The standard InChI is InChI=1S/C12H13N5O2/c1-13-6-10-8-17(16-14-10)7-9-5-12(19-15-9)11-3-2-4-18-11/h2-5,8,13H,6-7H2,1H3. The van der Waals surface area contributed by atoms with Gasteiger partial charge in [0.25, 0.3) is 0 Å². The summed E-state index contributed by atoms with van der Waals surface area (Å²) in [5.74, 6) is 1.27. The molecule has 0 aliphatic heterocycles. The molecule has 3 rings (SSSR count). The van der Waals surface area contributed by atoms with Crippen LogP contribution in [0.25, 0.3) is 11.5 Å². The van der Waals surface area contributed by atoms with Crippen LogP contribution in [0.15, 0.2) is 39.6 Å². The van der Waals surface area contributed by atoms with E-state index in [0.29, 0.717) is 24.6 Å². The number of nitrogens with zero attached hydrogens (tertiary/aromatic N) is 4. The molecule has 3 aromatic rings. The van der Waals surface area contributed by atoms with E-state index in [2.05, 4.69) is 20.8 Å². The largest absolute Gasteiger partial charge is 0.461 e. The van der Waals surface area contributed by atoms with Crippen LogP contribution in [0.4, 0.5) is 0 Å². The van der Waals surface area contributed by atoms with Gasteiger partial charge in [-0.25, -0.2) is 4.68 Å². The number of aromatic nitrogens is 4. The van der Waals surface area contributed by atoms with E-state index in [1.165, 1.54) is 0 Å². The summed E-state index contributed by atoms with van der Waals surface area (Å²) >= 11 is 0. The average Bonchev–Trinajstić information content (AvgIpc) is 3.10. The number of furan rings is 1. The van der Waals surface area contributed by atoms with E-state index in [9.17, 15) is 0 Å². The molecule has 7 heteroatoms. The maximum absolute atomic E-state index is 5.24. The van der Waals surface area contributed by atoms with Gasteiger partial charge in [0, 0.05) is 12.6 Å². The minimum Gasteiger partial charge on any atom is -0.461 e. The van der Waals surface area contributed by atoms with Gasteiger partial charge >= 0.3 is 0 Å². The molecule has 0 radical (unpaired) electrons. The molecular formula is C12H13N5O2. The Labute approximate surface area is 109 Å². The van der Waals surface area contributed by atoms with Crippen molar-refractivity contribution in [2.45, 2.75) is 13.1 Å². The third-order valence-electron chi connectivity index (χ3n) is 2.59. The van der Waals surface area contributed by atoms with E-state index in [-0.39, 0.29) is 0 Å². The topological polar surface area (TPSA) is 81.9 Å². The first kappa shape index (κ1) is 11.7. The van der Waals surface area contributed by atoms with Crippen molar-refractivity contribution in [1.29, 1.82) is 0 Å². The number of rotatable bonds is 5. The highest BCUT2D eigenvalue weighted by atomic mass is 16.5. The van der Waals surface area contributed by atoms with E-state index in [4.69, 9.17) is 8.94 Å². The van der Waals surface area contributed by atoms with Crippen LogP contribution in [-0.2, 0) is 13.1 Å². The highest BCUT2D eigenvalue weighted by molar-refractivity contribution is 5.49. The predicted octanol–water partition coefficient (Wildman–Crippen LogP) is 1.29. The lowest BCUT2D eigenvalue weighted by atomic mass is 10.3. The lowest BCUT2D eigenvalue weighted by Crippen LogP contribution is -2.05. The molecule has 3 heterocycles. The zero-order chi connectivity index (χ0) is 13.1. The highest BCUT2D eigenvalue weighted by Crippen LogP contribution is 2.20.